The molecule has 0 fully saturated rings. The van der Waals surface area contributed by atoms with Crippen molar-refractivity contribution >= 4 is 34.2 Å². The highest BCUT2D eigenvalue weighted by atomic mass is 127. The summed E-state index contributed by atoms with van der Waals surface area (Å²) in [5, 5.41) is 4.10. The Labute approximate surface area is 126 Å². The summed E-state index contributed by atoms with van der Waals surface area (Å²) in [5.41, 5.74) is 1.22. The van der Waals surface area contributed by atoms with Crippen molar-refractivity contribution in [2.24, 2.45) is 7.05 Å². The molecule has 1 aromatic carbocycles. The Kier molecular flexibility index (Phi) is 4.64. The summed E-state index contributed by atoms with van der Waals surface area (Å²) in [6, 6.07) is 6.20. The van der Waals surface area contributed by atoms with Crippen molar-refractivity contribution in [3.63, 3.8) is 0 Å². The van der Waals surface area contributed by atoms with E-state index in [-0.39, 0.29) is 6.04 Å². The maximum Gasteiger partial charge on any atom is 0.110 e. The molecule has 1 aromatic heterocycles. The third kappa shape index (κ3) is 3.05. The van der Waals surface area contributed by atoms with Crippen LogP contribution in [0.4, 0.5) is 0 Å². The Balaban J connectivity index is 2.28. The second-order valence-corrected chi connectivity index (χ2v) is 5.76. The molecule has 0 amide bonds. The van der Waals surface area contributed by atoms with E-state index in [1.165, 1.54) is 9.13 Å². The van der Waals surface area contributed by atoms with Crippen LogP contribution < -0.4 is 5.32 Å². The van der Waals surface area contributed by atoms with Crippen LogP contribution in [0.3, 0.4) is 0 Å². The largest absolute Gasteiger partial charge is 0.338 e. The molecule has 1 heterocycles. The van der Waals surface area contributed by atoms with Gasteiger partial charge in [-0.05, 0) is 53.4 Å². The molecule has 5 heteroatoms. The summed E-state index contributed by atoms with van der Waals surface area (Å²) in [4.78, 5) is 4.37. The zero-order valence-electron chi connectivity index (χ0n) is 10.3. The third-order valence-corrected chi connectivity index (χ3v) is 4.21. The molecular weight excluding hydrogens is 361 g/mol. The average Bonchev–Trinajstić information content (AvgIpc) is 2.75. The number of aryl methyl sites for hydroxylation is 1. The van der Waals surface area contributed by atoms with E-state index >= 15 is 0 Å². The van der Waals surface area contributed by atoms with E-state index in [0.717, 1.165) is 17.3 Å². The van der Waals surface area contributed by atoms with E-state index in [0.29, 0.717) is 0 Å². The minimum atomic E-state index is 0.219. The first-order valence-corrected chi connectivity index (χ1v) is 7.16. The fraction of sp³-hybridized carbons (Fsp3) is 0.308. The smallest absolute Gasteiger partial charge is 0.110 e. The van der Waals surface area contributed by atoms with Gasteiger partial charge in [0.1, 0.15) is 5.82 Å². The SMILES string of the molecule is CNC(Cc1nccn1C)c1cc(Cl)ccc1I. The monoisotopic (exact) mass is 375 g/mol. The summed E-state index contributed by atoms with van der Waals surface area (Å²) in [6.45, 7) is 0. The number of imidazole rings is 1. The minimum absolute atomic E-state index is 0.219. The quantitative estimate of drug-likeness (QED) is 0.832. The highest BCUT2D eigenvalue weighted by molar-refractivity contribution is 14.1. The average molecular weight is 376 g/mol. The maximum atomic E-state index is 6.08. The molecule has 0 aliphatic rings. The minimum Gasteiger partial charge on any atom is -0.338 e. The summed E-state index contributed by atoms with van der Waals surface area (Å²) < 4.78 is 3.26. The number of hydrogen-bond donors (Lipinski definition) is 1. The van der Waals surface area contributed by atoms with Gasteiger partial charge < -0.3 is 9.88 Å². The van der Waals surface area contributed by atoms with Gasteiger partial charge in [-0.3, -0.25) is 0 Å². The molecule has 0 aliphatic heterocycles. The Hall–Kier alpha value is -0.590. The zero-order valence-corrected chi connectivity index (χ0v) is 13.2. The molecular formula is C13H15ClIN3. The lowest BCUT2D eigenvalue weighted by atomic mass is 10.0. The van der Waals surface area contributed by atoms with E-state index in [1.54, 1.807) is 0 Å². The van der Waals surface area contributed by atoms with Gasteiger partial charge in [0.25, 0.3) is 0 Å². The van der Waals surface area contributed by atoms with Crippen LogP contribution in [0.5, 0.6) is 0 Å². The van der Waals surface area contributed by atoms with Crippen LogP contribution in [0, 0.1) is 3.57 Å². The first kappa shape index (κ1) is 13.8. The number of hydrogen-bond acceptors (Lipinski definition) is 2. The molecule has 0 bridgehead atoms. The molecule has 2 aromatic rings. The van der Waals surface area contributed by atoms with Crippen LogP contribution in [0.2, 0.25) is 5.02 Å². The highest BCUT2D eigenvalue weighted by Crippen LogP contribution is 2.25. The molecule has 0 radical (unpaired) electrons. The Bertz CT molecular complexity index is 539. The van der Waals surface area contributed by atoms with Crippen molar-refractivity contribution in [1.29, 1.82) is 0 Å². The topological polar surface area (TPSA) is 29.9 Å². The van der Waals surface area contributed by atoms with Gasteiger partial charge in [-0.2, -0.15) is 0 Å². The highest BCUT2D eigenvalue weighted by Gasteiger charge is 2.15. The van der Waals surface area contributed by atoms with Crippen LogP contribution in [0.15, 0.2) is 30.6 Å². The molecule has 18 heavy (non-hydrogen) atoms. The standard InChI is InChI=1S/C13H15ClIN3/c1-16-12(8-13-17-5-6-18(13)2)10-7-9(14)3-4-11(10)15/h3-7,12,16H,8H2,1-2H3. The fourth-order valence-corrected chi connectivity index (χ4v) is 2.82. The third-order valence-electron chi connectivity index (χ3n) is 2.99. The molecule has 3 nitrogen and oxygen atoms in total. The molecule has 0 spiro atoms. The van der Waals surface area contributed by atoms with Gasteiger partial charge >= 0.3 is 0 Å². The van der Waals surface area contributed by atoms with Crippen LogP contribution in [0.25, 0.3) is 0 Å². The van der Waals surface area contributed by atoms with E-state index in [4.69, 9.17) is 11.6 Å². The number of benzene rings is 1. The van der Waals surface area contributed by atoms with Crippen molar-refractivity contribution in [3.05, 3.63) is 50.6 Å². The van der Waals surface area contributed by atoms with Crippen LogP contribution in [-0.4, -0.2) is 16.6 Å². The summed E-state index contributed by atoms with van der Waals surface area (Å²) in [6.07, 6.45) is 4.63. The normalized spacial score (nSPS) is 12.7. The fourth-order valence-electron chi connectivity index (χ4n) is 1.92. The van der Waals surface area contributed by atoms with E-state index in [1.807, 2.05) is 49.3 Å². The lowest BCUT2D eigenvalue weighted by Crippen LogP contribution is -2.21. The van der Waals surface area contributed by atoms with E-state index < -0.39 is 0 Å². The predicted octanol–water partition coefficient (Wildman–Crippen LogP) is 3.18. The van der Waals surface area contributed by atoms with Crippen molar-refractivity contribution < 1.29 is 0 Å². The number of rotatable bonds is 4. The summed E-state index contributed by atoms with van der Waals surface area (Å²) in [5.74, 6) is 1.06. The number of likely N-dealkylation sites (N-methyl/N-ethyl adjacent to an activating group) is 1. The number of nitrogens with zero attached hydrogens (tertiary/aromatic N) is 2. The first-order valence-electron chi connectivity index (χ1n) is 5.70. The second-order valence-electron chi connectivity index (χ2n) is 4.17. The molecule has 0 saturated carbocycles. The van der Waals surface area contributed by atoms with Crippen molar-refractivity contribution in [2.75, 3.05) is 7.05 Å². The van der Waals surface area contributed by atoms with Crippen LogP contribution >= 0.6 is 34.2 Å². The van der Waals surface area contributed by atoms with Gasteiger partial charge in [-0.15, -0.1) is 0 Å². The Morgan fingerprint density at radius 1 is 1.50 bits per heavy atom. The molecule has 0 saturated heterocycles. The van der Waals surface area contributed by atoms with Gasteiger partial charge in [-0.1, -0.05) is 11.6 Å². The molecule has 1 unspecified atom stereocenters. The van der Waals surface area contributed by atoms with Gasteiger partial charge in [0.15, 0.2) is 0 Å². The summed E-state index contributed by atoms with van der Waals surface area (Å²) >= 11 is 8.42. The van der Waals surface area contributed by atoms with Crippen LogP contribution in [0.1, 0.15) is 17.4 Å². The van der Waals surface area contributed by atoms with Gasteiger partial charge in [-0.25, -0.2) is 4.98 Å². The van der Waals surface area contributed by atoms with E-state index in [2.05, 4.69) is 32.9 Å². The summed E-state index contributed by atoms with van der Waals surface area (Å²) in [7, 11) is 3.97. The molecule has 96 valence electrons. The molecule has 2 rings (SSSR count). The van der Waals surface area contributed by atoms with Crippen molar-refractivity contribution in [3.8, 4) is 0 Å². The first-order chi connectivity index (χ1) is 8.61. The lowest BCUT2D eigenvalue weighted by molar-refractivity contribution is 0.561. The molecule has 1 N–H and O–H groups in total. The van der Waals surface area contributed by atoms with Gasteiger partial charge in [0.05, 0.1) is 0 Å². The Morgan fingerprint density at radius 3 is 2.89 bits per heavy atom. The number of aromatic nitrogens is 2. The maximum absolute atomic E-state index is 6.08. The predicted molar refractivity (Wildman–Crippen MR) is 82.9 cm³/mol. The van der Waals surface area contributed by atoms with Crippen molar-refractivity contribution in [1.82, 2.24) is 14.9 Å². The second kappa shape index (κ2) is 6.04. The molecule has 1 atom stereocenters. The van der Waals surface area contributed by atoms with Crippen LogP contribution in [-0.2, 0) is 13.5 Å². The zero-order chi connectivity index (χ0) is 13.1. The van der Waals surface area contributed by atoms with Gasteiger partial charge in [0.2, 0.25) is 0 Å². The van der Waals surface area contributed by atoms with Crippen molar-refractivity contribution in [2.45, 2.75) is 12.5 Å². The van der Waals surface area contributed by atoms with E-state index in [9.17, 15) is 0 Å². The molecule has 0 aliphatic carbocycles. The van der Waals surface area contributed by atoms with Gasteiger partial charge in [0, 0.05) is 40.5 Å². The lowest BCUT2D eigenvalue weighted by Gasteiger charge is -2.18. The Morgan fingerprint density at radius 2 is 2.28 bits per heavy atom. The number of halogens is 2. The number of nitrogens with one attached hydrogen (secondary N) is 1.